The molecule has 1 aliphatic rings. The average Bonchev–Trinajstić information content (AvgIpc) is 2.77. The topological polar surface area (TPSA) is 77.0 Å². The molecule has 0 aliphatic carbocycles. The number of hydrogen-bond donors (Lipinski definition) is 1. The van der Waals surface area contributed by atoms with Crippen molar-refractivity contribution in [1.82, 2.24) is 19.9 Å². The van der Waals surface area contributed by atoms with Gasteiger partial charge in [0.15, 0.2) is 5.69 Å². The minimum Gasteiger partial charge on any atom is -0.337 e. The van der Waals surface area contributed by atoms with Crippen LogP contribution in [0.1, 0.15) is 30.3 Å². The minimum absolute atomic E-state index is 0.0141. The van der Waals surface area contributed by atoms with Crippen LogP contribution in [0, 0.1) is 5.92 Å². The number of aromatic nitrogens is 3. The number of nitrogens with two attached hydrogens (primary N) is 1. The summed E-state index contributed by atoms with van der Waals surface area (Å²) in [6, 6.07) is 0. The second kappa shape index (κ2) is 5.27. The number of piperidine rings is 1. The fourth-order valence-electron chi connectivity index (χ4n) is 2.17. The Morgan fingerprint density at radius 1 is 1.65 bits per heavy atom. The van der Waals surface area contributed by atoms with Crippen molar-refractivity contribution in [3.8, 4) is 0 Å². The SMILES string of the molecule is C[C@H]1CCCN(C(=O)c2cn(CCN)nn2)C1. The van der Waals surface area contributed by atoms with Crippen molar-refractivity contribution < 1.29 is 4.79 Å². The quantitative estimate of drug-likeness (QED) is 0.809. The first-order valence-corrected chi connectivity index (χ1v) is 6.10. The maximum absolute atomic E-state index is 12.1. The molecule has 1 fully saturated rings. The number of likely N-dealkylation sites (tertiary alicyclic amines) is 1. The molecule has 2 N–H and O–H groups in total. The van der Waals surface area contributed by atoms with Crippen LogP contribution in [0.5, 0.6) is 0 Å². The zero-order chi connectivity index (χ0) is 12.3. The van der Waals surface area contributed by atoms with E-state index >= 15 is 0 Å². The molecule has 1 amide bonds. The third kappa shape index (κ3) is 2.82. The van der Waals surface area contributed by atoms with Crippen molar-refractivity contribution in [3.63, 3.8) is 0 Å². The van der Waals surface area contributed by atoms with E-state index in [4.69, 9.17) is 5.73 Å². The summed E-state index contributed by atoms with van der Waals surface area (Å²) < 4.78 is 1.61. The smallest absolute Gasteiger partial charge is 0.276 e. The lowest BCUT2D eigenvalue weighted by Crippen LogP contribution is -2.39. The number of nitrogens with zero attached hydrogens (tertiary/aromatic N) is 4. The lowest BCUT2D eigenvalue weighted by atomic mass is 10.0. The van der Waals surface area contributed by atoms with Crippen LogP contribution in [0.2, 0.25) is 0 Å². The van der Waals surface area contributed by atoms with E-state index in [-0.39, 0.29) is 5.91 Å². The molecule has 0 saturated carbocycles. The summed E-state index contributed by atoms with van der Waals surface area (Å²) >= 11 is 0. The third-order valence-electron chi connectivity index (χ3n) is 3.06. The van der Waals surface area contributed by atoms with E-state index in [9.17, 15) is 4.79 Å². The molecule has 2 heterocycles. The molecule has 0 spiro atoms. The molecule has 1 saturated heterocycles. The normalized spacial score (nSPS) is 20.6. The highest BCUT2D eigenvalue weighted by Gasteiger charge is 2.23. The molecular weight excluding hydrogens is 218 g/mol. The Morgan fingerprint density at radius 3 is 3.18 bits per heavy atom. The molecule has 1 aromatic rings. The van der Waals surface area contributed by atoms with Crippen molar-refractivity contribution in [2.45, 2.75) is 26.3 Å². The molecule has 1 aromatic heterocycles. The second-order valence-electron chi connectivity index (χ2n) is 4.65. The Morgan fingerprint density at radius 2 is 2.47 bits per heavy atom. The van der Waals surface area contributed by atoms with E-state index in [1.807, 2.05) is 4.90 Å². The Kier molecular flexibility index (Phi) is 3.73. The van der Waals surface area contributed by atoms with Gasteiger partial charge in [-0.2, -0.15) is 0 Å². The Bertz CT molecular complexity index is 389. The van der Waals surface area contributed by atoms with Crippen LogP contribution in [0.3, 0.4) is 0 Å². The molecule has 0 unspecified atom stereocenters. The zero-order valence-electron chi connectivity index (χ0n) is 10.2. The molecule has 1 atom stereocenters. The van der Waals surface area contributed by atoms with Gasteiger partial charge in [0.25, 0.3) is 5.91 Å². The lowest BCUT2D eigenvalue weighted by Gasteiger charge is -2.30. The van der Waals surface area contributed by atoms with Gasteiger partial charge in [-0.1, -0.05) is 12.1 Å². The number of carbonyl (C=O) groups is 1. The molecule has 94 valence electrons. The van der Waals surface area contributed by atoms with Crippen molar-refractivity contribution >= 4 is 5.91 Å². The largest absolute Gasteiger partial charge is 0.337 e. The number of amides is 1. The standard InChI is InChI=1S/C11H19N5O/c1-9-3-2-5-15(7-9)11(17)10-8-16(6-4-12)14-13-10/h8-9H,2-7,12H2,1H3/t9-/m0/s1. The van der Waals surface area contributed by atoms with E-state index in [2.05, 4.69) is 17.2 Å². The van der Waals surface area contributed by atoms with Crippen LogP contribution < -0.4 is 5.73 Å². The monoisotopic (exact) mass is 237 g/mol. The molecule has 6 heteroatoms. The molecule has 1 aliphatic heterocycles. The van der Waals surface area contributed by atoms with Gasteiger partial charge in [0.1, 0.15) is 0 Å². The lowest BCUT2D eigenvalue weighted by molar-refractivity contribution is 0.0677. The van der Waals surface area contributed by atoms with E-state index in [1.165, 1.54) is 6.42 Å². The first-order valence-electron chi connectivity index (χ1n) is 6.10. The molecule has 0 radical (unpaired) electrons. The number of hydrogen-bond acceptors (Lipinski definition) is 4. The van der Waals surface area contributed by atoms with Crippen molar-refractivity contribution in [2.75, 3.05) is 19.6 Å². The highest BCUT2D eigenvalue weighted by atomic mass is 16.2. The summed E-state index contributed by atoms with van der Waals surface area (Å²) in [6.07, 6.45) is 3.95. The average molecular weight is 237 g/mol. The van der Waals surface area contributed by atoms with Gasteiger partial charge in [-0.3, -0.25) is 9.48 Å². The number of carbonyl (C=O) groups excluding carboxylic acids is 1. The second-order valence-corrected chi connectivity index (χ2v) is 4.65. The molecule has 17 heavy (non-hydrogen) atoms. The van der Waals surface area contributed by atoms with Gasteiger partial charge in [-0.05, 0) is 18.8 Å². The number of rotatable bonds is 3. The van der Waals surface area contributed by atoms with Gasteiger partial charge >= 0.3 is 0 Å². The Hall–Kier alpha value is -1.43. The molecule has 2 rings (SSSR count). The predicted octanol–water partition coefficient (Wildman–Crippen LogP) is 0.109. The molecular formula is C11H19N5O. The zero-order valence-corrected chi connectivity index (χ0v) is 10.2. The fraction of sp³-hybridized carbons (Fsp3) is 0.727. The molecule has 6 nitrogen and oxygen atoms in total. The van der Waals surface area contributed by atoms with E-state index < -0.39 is 0 Å². The van der Waals surface area contributed by atoms with Gasteiger partial charge in [-0.15, -0.1) is 5.10 Å². The van der Waals surface area contributed by atoms with Crippen LogP contribution in [0.15, 0.2) is 6.20 Å². The highest BCUT2D eigenvalue weighted by molar-refractivity contribution is 5.91. The van der Waals surface area contributed by atoms with Crippen LogP contribution in [0.25, 0.3) is 0 Å². The predicted molar refractivity (Wildman–Crippen MR) is 63.4 cm³/mol. The minimum atomic E-state index is -0.0141. The summed E-state index contributed by atoms with van der Waals surface area (Å²) in [5, 5.41) is 7.78. The van der Waals surface area contributed by atoms with Crippen LogP contribution in [-0.4, -0.2) is 45.4 Å². The maximum Gasteiger partial charge on any atom is 0.276 e. The van der Waals surface area contributed by atoms with E-state index in [0.717, 1.165) is 19.5 Å². The summed E-state index contributed by atoms with van der Waals surface area (Å²) in [6.45, 7) is 4.91. The van der Waals surface area contributed by atoms with Gasteiger partial charge in [0.05, 0.1) is 12.7 Å². The summed E-state index contributed by atoms with van der Waals surface area (Å²) in [4.78, 5) is 14.0. The van der Waals surface area contributed by atoms with Crippen LogP contribution in [0.4, 0.5) is 0 Å². The Balaban J connectivity index is 2.02. The fourth-order valence-corrected chi connectivity index (χ4v) is 2.17. The molecule has 0 bridgehead atoms. The maximum atomic E-state index is 12.1. The van der Waals surface area contributed by atoms with Crippen LogP contribution in [-0.2, 0) is 6.54 Å². The molecule has 0 aromatic carbocycles. The van der Waals surface area contributed by atoms with Crippen molar-refractivity contribution in [3.05, 3.63) is 11.9 Å². The first kappa shape index (κ1) is 12.0. The van der Waals surface area contributed by atoms with Crippen LogP contribution >= 0.6 is 0 Å². The van der Waals surface area contributed by atoms with Gasteiger partial charge in [-0.25, -0.2) is 0 Å². The van der Waals surface area contributed by atoms with E-state index in [0.29, 0.717) is 24.7 Å². The van der Waals surface area contributed by atoms with E-state index in [1.54, 1.807) is 10.9 Å². The summed E-state index contributed by atoms with van der Waals surface area (Å²) in [5.41, 5.74) is 5.85. The Labute approximate surface area is 101 Å². The van der Waals surface area contributed by atoms with Crippen molar-refractivity contribution in [1.29, 1.82) is 0 Å². The third-order valence-corrected chi connectivity index (χ3v) is 3.06. The van der Waals surface area contributed by atoms with Gasteiger partial charge in [0, 0.05) is 19.6 Å². The highest BCUT2D eigenvalue weighted by Crippen LogP contribution is 2.16. The van der Waals surface area contributed by atoms with Gasteiger partial charge < -0.3 is 10.6 Å². The summed E-state index contributed by atoms with van der Waals surface area (Å²) in [7, 11) is 0. The summed E-state index contributed by atoms with van der Waals surface area (Å²) in [5.74, 6) is 0.562. The van der Waals surface area contributed by atoms with Crippen molar-refractivity contribution in [2.24, 2.45) is 11.7 Å². The first-order chi connectivity index (χ1) is 8.20. The van der Waals surface area contributed by atoms with Gasteiger partial charge in [0.2, 0.25) is 0 Å².